The molecule has 34 heavy (non-hydrogen) atoms. The zero-order chi connectivity index (χ0) is 24.3. The molecule has 0 bridgehead atoms. The van der Waals surface area contributed by atoms with E-state index in [1.807, 2.05) is 73.7 Å². The van der Waals surface area contributed by atoms with Gasteiger partial charge in [-0.05, 0) is 65.8 Å². The second-order valence-corrected chi connectivity index (χ2v) is 9.41. The van der Waals surface area contributed by atoms with Gasteiger partial charge in [-0.3, -0.25) is 9.59 Å². The second kappa shape index (κ2) is 9.52. The first-order valence-corrected chi connectivity index (χ1v) is 11.6. The molecular formula is C30H30N2O2. The highest BCUT2D eigenvalue weighted by Gasteiger charge is 2.18. The Morgan fingerprint density at radius 1 is 0.765 bits per heavy atom. The molecular weight excluding hydrogens is 420 g/mol. The number of anilines is 2. The molecule has 4 heteroatoms. The third-order valence-electron chi connectivity index (χ3n) is 6.02. The Hall–Kier alpha value is -3.92. The minimum atomic E-state index is -0.175. The number of hydrogen-bond acceptors (Lipinski definition) is 2. The van der Waals surface area contributed by atoms with Crippen LogP contribution >= 0.6 is 0 Å². The molecule has 4 rings (SSSR count). The number of nitrogens with one attached hydrogen (secondary N) is 1. The van der Waals surface area contributed by atoms with Gasteiger partial charge in [0.05, 0.1) is 5.69 Å². The third kappa shape index (κ3) is 4.86. The molecule has 4 nitrogen and oxygen atoms in total. The molecule has 0 spiro atoms. The summed E-state index contributed by atoms with van der Waals surface area (Å²) >= 11 is 0. The van der Waals surface area contributed by atoms with Crippen LogP contribution in [0.4, 0.5) is 11.4 Å². The van der Waals surface area contributed by atoms with Crippen LogP contribution in [0.15, 0.2) is 91.0 Å². The molecule has 4 aromatic carbocycles. The summed E-state index contributed by atoms with van der Waals surface area (Å²) < 4.78 is 0. The first-order chi connectivity index (χ1) is 16.3. The van der Waals surface area contributed by atoms with Crippen molar-refractivity contribution in [1.29, 1.82) is 0 Å². The van der Waals surface area contributed by atoms with E-state index in [1.54, 1.807) is 29.2 Å². The minimum absolute atomic E-state index is 0.0375. The number of fused-ring (bicyclic) bond motifs is 1. The van der Waals surface area contributed by atoms with Gasteiger partial charge in [-0.25, -0.2) is 0 Å². The Kier molecular flexibility index (Phi) is 6.51. The van der Waals surface area contributed by atoms with Gasteiger partial charge >= 0.3 is 0 Å². The van der Waals surface area contributed by atoms with Gasteiger partial charge in [0.15, 0.2) is 0 Å². The van der Waals surface area contributed by atoms with E-state index in [1.165, 1.54) is 5.56 Å². The van der Waals surface area contributed by atoms with Crippen molar-refractivity contribution in [3.63, 3.8) is 0 Å². The van der Waals surface area contributed by atoms with Gasteiger partial charge in [0.2, 0.25) is 0 Å². The maximum atomic E-state index is 13.3. The summed E-state index contributed by atoms with van der Waals surface area (Å²) in [5, 5.41) is 5.06. The number of benzene rings is 4. The highest BCUT2D eigenvalue weighted by Crippen LogP contribution is 2.28. The predicted molar refractivity (Wildman–Crippen MR) is 141 cm³/mol. The van der Waals surface area contributed by atoms with Crippen LogP contribution < -0.4 is 10.2 Å². The predicted octanol–water partition coefficient (Wildman–Crippen LogP) is 7.06. The van der Waals surface area contributed by atoms with Crippen molar-refractivity contribution in [2.45, 2.75) is 33.1 Å². The van der Waals surface area contributed by atoms with Crippen LogP contribution in [0.3, 0.4) is 0 Å². The monoisotopic (exact) mass is 450 g/mol. The molecule has 1 N–H and O–H groups in total. The molecule has 0 saturated heterocycles. The zero-order valence-corrected chi connectivity index (χ0v) is 20.1. The smallest absolute Gasteiger partial charge is 0.258 e. The standard InChI is InChI=1S/C30H30N2O2/c1-5-32(27-12-8-10-21-9-6-7-11-26(21)27)29(34)23-15-19-25(20-16-23)31-28(33)22-13-17-24(18-14-22)30(2,3)4/h6-20H,5H2,1-4H3,(H,31,33). The van der Waals surface area contributed by atoms with E-state index in [2.05, 4.69) is 26.1 Å². The van der Waals surface area contributed by atoms with Crippen LogP contribution in [0, 0.1) is 0 Å². The van der Waals surface area contributed by atoms with E-state index in [0.29, 0.717) is 23.4 Å². The van der Waals surface area contributed by atoms with Gasteiger partial charge in [0.1, 0.15) is 0 Å². The summed E-state index contributed by atoms with van der Waals surface area (Å²) in [7, 11) is 0. The van der Waals surface area contributed by atoms with Crippen LogP contribution in [0.1, 0.15) is 54.0 Å². The Bertz CT molecular complexity index is 1310. The quantitative estimate of drug-likeness (QED) is 0.354. The van der Waals surface area contributed by atoms with Crippen LogP contribution in [0.5, 0.6) is 0 Å². The summed E-state index contributed by atoms with van der Waals surface area (Å²) in [6, 6.07) is 28.8. The second-order valence-electron chi connectivity index (χ2n) is 9.41. The fourth-order valence-electron chi connectivity index (χ4n) is 4.04. The SMILES string of the molecule is CCN(C(=O)c1ccc(NC(=O)c2ccc(C(C)(C)C)cc2)cc1)c1cccc2ccccc12. The van der Waals surface area contributed by atoms with E-state index >= 15 is 0 Å². The lowest BCUT2D eigenvalue weighted by Gasteiger charge is -2.23. The molecule has 0 radical (unpaired) electrons. The van der Waals surface area contributed by atoms with Gasteiger partial charge < -0.3 is 10.2 Å². The molecule has 0 atom stereocenters. The number of carbonyl (C=O) groups is 2. The molecule has 0 aliphatic carbocycles. The lowest BCUT2D eigenvalue weighted by Crippen LogP contribution is -2.30. The maximum absolute atomic E-state index is 13.3. The average molecular weight is 451 g/mol. The molecule has 0 aliphatic rings. The summed E-state index contributed by atoms with van der Waals surface area (Å²) in [4.78, 5) is 27.8. The first kappa shape index (κ1) is 23.2. The summed E-state index contributed by atoms with van der Waals surface area (Å²) in [5.74, 6) is -0.250. The Morgan fingerprint density at radius 2 is 1.38 bits per heavy atom. The topological polar surface area (TPSA) is 49.4 Å². The van der Waals surface area contributed by atoms with Gasteiger partial charge in [-0.2, -0.15) is 0 Å². The van der Waals surface area contributed by atoms with Crippen molar-refractivity contribution in [1.82, 2.24) is 0 Å². The van der Waals surface area contributed by atoms with Gasteiger partial charge in [0, 0.05) is 28.7 Å². The molecule has 4 aromatic rings. The van der Waals surface area contributed by atoms with Crippen molar-refractivity contribution in [2.75, 3.05) is 16.8 Å². The highest BCUT2D eigenvalue weighted by atomic mass is 16.2. The average Bonchev–Trinajstić information content (AvgIpc) is 2.84. The van der Waals surface area contributed by atoms with E-state index in [-0.39, 0.29) is 17.2 Å². The lowest BCUT2D eigenvalue weighted by molar-refractivity contribution is 0.0987. The maximum Gasteiger partial charge on any atom is 0.258 e. The van der Waals surface area contributed by atoms with Crippen molar-refractivity contribution in [2.24, 2.45) is 0 Å². The Balaban J connectivity index is 1.50. The molecule has 0 aliphatic heterocycles. The van der Waals surface area contributed by atoms with Gasteiger partial charge in [0.25, 0.3) is 11.8 Å². The van der Waals surface area contributed by atoms with E-state index in [9.17, 15) is 9.59 Å². The van der Waals surface area contributed by atoms with Crippen LogP contribution in [0.2, 0.25) is 0 Å². The molecule has 0 saturated carbocycles. The molecule has 0 heterocycles. The normalized spacial score (nSPS) is 11.3. The fraction of sp³-hybridized carbons (Fsp3) is 0.200. The van der Waals surface area contributed by atoms with Crippen LogP contribution in [-0.4, -0.2) is 18.4 Å². The van der Waals surface area contributed by atoms with Crippen molar-refractivity contribution in [3.05, 3.63) is 108 Å². The number of hydrogen-bond donors (Lipinski definition) is 1. The van der Waals surface area contributed by atoms with Gasteiger partial charge in [-0.15, -0.1) is 0 Å². The summed E-state index contributed by atoms with van der Waals surface area (Å²) in [6.45, 7) is 8.95. The summed E-state index contributed by atoms with van der Waals surface area (Å²) in [6.07, 6.45) is 0. The zero-order valence-electron chi connectivity index (χ0n) is 20.1. The molecule has 0 aromatic heterocycles. The van der Waals surface area contributed by atoms with Gasteiger partial charge in [-0.1, -0.05) is 69.3 Å². The van der Waals surface area contributed by atoms with Crippen LogP contribution in [0.25, 0.3) is 10.8 Å². The third-order valence-corrected chi connectivity index (χ3v) is 6.02. The number of amides is 2. The fourth-order valence-corrected chi connectivity index (χ4v) is 4.04. The van der Waals surface area contributed by atoms with Crippen molar-refractivity contribution >= 4 is 34.0 Å². The number of nitrogens with zero attached hydrogens (tertiary/aromatic N) is 1. The molecule has 2 amide bonds. The van der Waals surface area contributed by atoms with Crippen LogP contribution in [-0.2, 0) is 5.41 Å². The van der Waals surface area contributed by atoms with E-state index < -0.39 is 0 Å². The summed E-state index contributed by atoms with van der Waals surface area (Å²) in [5.41, 5.74) is 3.92. The lowest BCUT2D eigenvalue weighted by atomic mass is 9.87. The van der Waals surface area contributed by atoms with E-state index in [0.717, 1.165) is 16.5 Å². The number of rotatable bonds is 5. The Morgan fingerprint density at radius 3 is 2.03 bits per heavy atom. The van der Waals surface area contributed by atoms with E-state index in [4.69, 9.17) is 0 Å². The number of carbonyl (C=O) groups excluding carboxylic acids is 2. The Labute approximate surface area is 201 Å². The largest absolute Gasteiger partial charge is 0.322 e. The van der Waals surface area contributed by atoms with Crippen molar-refractivity contribution < 1.29 is 9.59 Å². The molecule has 0 unspecified atom stereocenters. The molecule has 172 valence electrons. The minimum Gasteiger partial charge on any atom is -0.322 e. The highest BCUT2D eigenvalue weighted by molar-refractivity contribution is 6.11. The van der Waals surface area contributed by atoms with Crippen molar-refractivity contribution in [3.8, 4) is 0 Å². The molecule has 0 fully saturated rings. The first-order valence-electron chi connectivity index (χ1n) is 11.6.